The number of hydrogen-bond donors (Lipinski definition) is 0. The van der Waals surface area contributed by atoms with Crippen molar-refractivity contribution >= 4 is 0 Å². The Balaban J connectivity index is 2.31. The molecule has 0 aliphatic heterocycles. The summed E-state index contributed by atoms with van der Waals surface area (Å²) in [6.07, 6.45) is 7.19. The Bertz CT molecular complexity index is 355. The summed E-state index contributed by atoms with van der Waals surface area (Å²) < 4.78 is 26.0. The topological polar surface area (TPSA) is 0 Å². The fourth-order valence-corrected chi connectivity index (χ4v) is 1.87. The van der Waals surface area contributed by atoms with Gasteiger partial charge in [-0.15, -0.1) is 0 Å². The molecular weight excluding hydrogens is 182 g/mol. The number of benzene rings is 1. The lowest BCUT2D eigenvalue weighted by atomic mass is 9.89. The predicted molar refractivity (Wildman–Crippen MR) is 52.1 cm³/mol. The molecule has 1 atom stereocenters. The van der Waals surface area contributed by atoms with E-state index in [0.717, 1.165) is 25.3 Å². The third-order valence-electron chi connectivity index (χ3n) is 2.62. The SMILES string of the molecule is Fc1ccc(C2C=CCCC2)c(F)c1. The quantitative estimate of drug-likeness (QED) is 0.597. The van der Waals surface area contributed by atoms with Gasteiger partial charge in [0.15, 0.2) is 0 Å². The Kier molecular flexibility index (Phi) is 2.62. The van der Waals surface area contributed by atoms with Crippen LogP contribution in [0, 0.1) is 11.6 Å². The second kappa shape index (κ2) is 3.91. The summed E-state index contributed by atoms with van der Waals surface area (Å²) in [6.45, 7) is 0. The van der Waals surface area contributed by atoms with Crippen molar-refractivity contribution < 1.29 is 8.78 Å². The average molecular weight is 194 g/mol. The van der Waals surface area contributed by atoms with Gasteiger partial charge in [-0.3, -0.25) is 0 Å². The van der Waals surface area contributed by atoms with Crippen LogP contribution in [-0.4, -0.2) is 0 Å². The van der Waals surface area contributed by atoms with E-state index in [9.17, 15) is 8.78 Å². The highest BCUT2D eigenvalue weighted by Crippen LogP contribution is 2.29. The van der Waals surface area contributed by atoms with E-state index in [2.05, 4.69) is 6.08 Å². The van der Waals surface area contributed by atoms with Crippen molar-refractivity contribution in [2.45, 2.75) is 25.2 Å². The van der Waals surface area contributed by atoms with Gasteiger partial charge < -0.3 is 0 Å². The molecule has 74 valence electrons. The van der Waals surface area contributed by atoms with Crippen LogP contribution in [0.3, 0.4) is 0 Å². The van der Waals surface area contributed by atoms with Crippen molar-refractivity contribution in [2.24, 2.45) is 0 Å². The highest BCUT2D eigenvalue weighted by Gasteiger charge is 2.15. The zero-order valence-corrected chi connectivity index (χ0v) is 7.84. The molecular formula is C12H12F2. The number of halogens is 2. The standard InChI is InChI=1S/C12H12F2/c13-10-6-7-11(12(14)8-10)9-4-2-1-3-5-9/h2,4,6-9H,1,3,5H2. The molecule has 0 bridgehead atoms. The molecule has 14 heavy (non-hydrogen) atoms. The van der Waals surface area contributed by atoms with Gasteiger partial charge >= 0.3 is 0 Å². The first-order valence-electron chi connectivity index (χ1n) is 4.89. The fourth-order valence-electron chi connectivity index (χ4n) is 1.87. The summed E-state index contributed by atoms with van der Waals surface area (Å²) in [5, 5.41) is 0. The van der Waals surface area contributed by atoms with Crippen LogP contribution in [0.4, 0.5) is 8.78 Å². The van der Waals surface area contributed by atoms with E-state index < -0.39 is 11.6 Å². The predicted octanol–water partition coefficient (Wildman–Crippen LogP) is 3.79. The van der Waals surface area contributed by atoms with Crippen LogP contribution in [-0.2, 0) is 0 Å². The number of hydrogen-bond acceptors (Lipinski definition) is 0. The molecule has 2 heteroatoms. The molecule has 2 rings (SSSR count). The van der Waals surface area contributed by atoms with Gasteiger partial charge in [0, 0.05) is 12.0 Å². The summed E-state index contributed by atoms with van der Waals surface area (Å²) in [6, 6.07) is 3.82. The maximum absolute atomic E-state index is 13.4. The Morgan fingerprint density at radius 1 is 1.21 bits per heavy atom. The summed E-state index contributed by atoms with van der Waals surface area (Å²) in [7, 11) is 0. The molecule has 0 N–H and O–H groups in total. The molecule has 0 amide bonds. The molecule has 0 radical (unpaired) electrons. The third-order valence-corrected chi connectivity index (χ3v) is 2.62. The van der Waals surface area contributed by atoms with E-state index in [4.69, 9.17) is 0 Å². The van der Waals surface area contributed by atoms with Crippen molar-refractivity contribution in [1.82, 2.24) is 0 Å². The van der Waals surface area contributed by atoms with Crippen molar-refractivity contribution in [3.05, 3.63) is 47.5 Å². The van der Waals surface area contributed by atoms with Crippen molar-refractivity contribution in [3.8, 4) is 0 Å². The van der Waals surface area contributed by atoms with Gasteiger partial charge in [-0.1, -0.05) is 18.2 Å². The first-order chi connectivity index (χ1) is 6.77. The van der Waals surface area contributed by atoms with Crippen LogP contribution >= 0.6 is 0 Å². The van der Waals surface area contributed by atoms with Crippen LogP contribution in [0.2, 0.25) is 0 Å². The van der Waals surface area contributed by atoms with Crippen molar-refractivity contribution in [2.75, 3.05) is 0 Å². The van der Waals surface area contributed by atoms with Crippen LogP contribution in [0.15, 0.2) is 30.4 Å². The van der Waals surface area contributed by atoms with E-state index in [-0.39, 0.29) is 5.92 Å². The second-order valence-electron chi connectivity index (χ2n) is 3.63. The zero-order chi connectivity index (χ0) is 9.97. The largest absolute Gasteiger partial charge is 0.207 e. The highest BCUT2D eigenvalue weighted by atomic mass is 19.1. The van der Waals surface area contributed by atoms with Crippen LogP contribution in [0.25, 0.3) is 0 Å². The van der Waals surface area contributed by atoms with E-state index in [1.165, 1.54) is 6.07 Å². The van der Waals surface area contributed by atoms with Gasteiger partial charge in [0.05, 0.1) is 0 Å². The molecule has 0 aromatic heterocycles. The molecule has 1 unspecified atom stereocenters. The average Bonchev–Trinajstić information content (AvgIpc) is 2.19. The molecule has 0 fully saturated rings. The Hall–Kier alpha value is -1.18. The highest BCUT2D eigenvalue weighted by molar-refractivity contribution is 5.27. The van der Waals surface area contributed by atoms with Gasteiger partial charge in [-0.2, -0.15) is 0 Å². The molecule has 1 aromatic carbocycles. The normalized spacial score (nSPS) is 21.1. The first kappa shape index (κ1) is 9.38. The number of rotatable bonds is 1. The maximum atomic E-state index is 13.4. The lowest BCUT2D eigenvalue weighted by Crippen LogP contribution is -2.02. The van der Waals surface area contributed by atoms with Gasteiger partial charge in [-0.05, 0) is 30.9 Å². The maximum Gasteiger partial charge on any atom is 0.129 e. The lowest BCUT2D eigenvalue weighted by Gasteiger charge is -2.17. The minimum absolute atomic E-state index is 0.129. The van der Waals surface area contributed by atoms with Gasteiger partial charge in [-0.25, -0.2) is 8.78 Å². The summed E-state index contributed by atoms with van der Waals surface area (Å²) in [5.41, 5.74) is 0.613. The molecule has 0 saturated carbocycles. The number of allylic oxidation sites excluding steroid dienone is 2. The Morgan fingerprint density at radius 3 is 2.71 bits per heavy atom. The zero-order valence-electron chi connectivity index (χ0n) is 7.84. The van der Waals surface area contributed by atoms with E-state index in [1.54, 1.807) is 6.07 Å². The van der Waals surface area contributed by atoms with Crippen LogP contribution < -0.4 is 0 Å². The van der Waals surface area contributed by atoms with Crippen LogP contribution in [0.1, 0.15) is 30.7 Å². The summed E-state index contributed by atoms with van der Waals surface area (Å²) >= 11 is 0. The lowest BCUT2D eigenvalue weighted by molar-refractivity contribution is 0.552. The molecule has 0 heterocycles. The molecule has 1 aliphatic rings. The van der Waals surface area contributed by atoms with E-state index in [1.807, 2.05) is 6.08 Å². The van der Waals surface area contributed by atoms with Gasteiger partial charge in [0.1, 0.15) is 11.6 Å². The monoisotopic (exact) mass is 194 g/mol. The minimum atomic E-state index is -0.508. The molecule has 0 nitrogen and oxygen atoms in total. The van der Waals surface area contributed by atoms with Gasteiger partial charge in [0.25, 0.3) is 0 Å². The van der Waals surface area contributed by atoms with Crippen LogP contribution in [0.5, 0.6) is 0 Å². The Morgan fingerprint density at radius 2 is 2.07 bits per heavy atom. The van der Waals surface area contributed by atoms with E-state index >= 15 is 0 Å². The van der Waals surface area contributed by atoms with Crippen molar-refractivity contribution in [1.29, 1.82) is 0 Å². The first-order valence-corrected chi connectivity index (χ1v) is 4.89. The third kappa shape index (κ3) is 1.84. The molecule has 1 aromatic rings. The second-order valence-corrected chi connectivity index (χ2v) is 3.63. The van der Waals surface area contributed by atoms with Crippen molar-refractivity contribution in [3.63, 3.8) is 0 Å². The molecule has 0 saturated heterocycles. The van der Waals surface area contributed by atoms with E-state index in [0.29, 0.717) is 5.56 Å². The summed E-state index contributed by atoms with van der Waals surface area (Å²) in [4.78, 5) is 0. The summed E-state index contributed by atoms with van der Waals surface area (Å²) in [5.74, 6) is -0.808. The smallest absolute Gasteiger partial charge is 0.129 e. The molecule has 0 spiro atoms. The Labute approximate surface area is 82.3 Å². The fraction of sp³-hybridized carbons (Fsp3) is 0.333. The molecule has 1 aliphatic carbocycles. The van der Waals surface area contributed by atoms with Gasteiger partial charge in [0.2, 0.25) is 0 Å². The minimum Gasteiger partial charge on any atom is -0.207 e.